The van der Waals surface area contributed by atoms with Crippen LogP contribution >= 0.6 is 0 Å². The van der Waals surface area contributed by atoms with Gasteiger partial charge in [0.25, 0.3) is 0 Å². The lowest BCUT2D eigenvalue weighted by Crippen LogP contribution is -2.06. The summed E-state index contributed by atoms with van der Waals surface area (Å²) < 4.78 is 1.87. The summed E-state index contributed by atoms with van der Waals surface area (Å²) in [6, 6.07) is 1.94. The molecule has 0 spiro atoms. The molecule has 96 valence electrons. The minimum Gasteiger partial charge on any atom is -0.330 e. The Morgan fingerprint density at radius 2 is 2.00 bits per heavy atom. The summed E-state index contributed by atoms with van der Waals surface area (Å²) in [7, 11) is 0. The lowest BCUT2D eigenvalue weighted by molar-refractivity contribution is 0.788. The molecule has 0 amide bonds. The number of aromatic nitrogens is 4. The van der Waals surface area contributed by atoms with Crippen molar-refractivity contribution in [2.45, 2.75) is 33.6 Å². The molecular weight excluding hydrogens is 226 g/mol. The van der Waals surface area contributed by atoms with Crippen molar-refractivity contribution < 1.29 is 0 Å². The molecule has 0 saturated carbocycles. The predicted molar refractivity (Wildman–Crippen MR) is 70.7 cm³/mol. The van der Waals surface area contributed by atoms with Crippen molar-refractivity contribution >= 4 is 0 Å². The average molecular weight is 245 g/mol. The second kappa shape index (κ2) is 5.27. The van der Waals surface area contributed by atoms with E-state index in [4.69, 9.17) is 5.73 Å². The molecule has 2 aromatic heterocycles. The number of nitrogens with two attached hydrogens (primary N) is 1. The van der Waals surface area contributed by atoms with Gasteiger partial charge in [-0.25, -0.2) is 14.6 Å². The van der Waals surface area contributed by atoms with Crippen molar-refractivity contribution in [2.24, 2.45) is 5.73 Å². The van der Waals surface area contributed by atoms with Crippen molar-refractivity contribution in [3.8, 4) is 5.82 Å². The molecule has 18 heavy (non-hydrogen) atoms. The van der Waals surface area contributed by atoms with Crippen LogP contribution < -0.4 is 5.73 Å². The summed E-state index contributed by atoms with van der Waals surface area (Å²) >= 11 is 0. The Hall–Kier alpha value is -1.75. The van der Waals surface area contributed by atoms with Crippen LogP contribution in [-0.2, 0) is 6.42 Å². The number of nitrogens with zero attached hydrogens (tertiary/aromatic N) is 4. The van der Waals surface area contributed by atoms with Crippen LogP contribution in [0.25, 0.3) is 5.82 Å². The highest BCUT2D eigenvalue weighted by Crippen LogP contribution is 2.14. The third kappa shape index (κ3) is 2.56. The molecule has 5 heteroatoms. The molecule has 2 N–H and O–H groups in total. The predicted octanol–water partition coefficient (Wildman–Crippen LogP) is 1.48. The quantitative estimate of drug-likeness (QED) is 0.885. The van der Waals surface area contributed by atoms with Gasteiger partial charge in [-0.2, -0.15) is 5.10 Å². The number of aryl methyl sites for hydroxylation is 3. The topological polar surface area (TPSA) is 69.6 Å². The first-order valence-corrected chi connectivity index (χ1v) is 6.18. The van der Waals surface area contributed by atoms with Gasteiger partial charge in [-0.05, 0) is 45.7 Å². The molecule has 0 radical (unpaired) electrons. The van der Waals surface area contributed by atoms with Crippen molar-refractivity contribution in [1.29, 1.82) is 0 Å². The molecule has 0 aliphatic carbocycles. The van der Waals surface area contributed by atoms with Gasteiger partial charge in [-0.15, -0.1) is 0 Å². The van der Waals surface area contributed by atoms with Crippen molar-refractivity contribution in [3.05, 3.63) is 35.0 Å². The largest absolute Gasteiger partial charge is 0.330 e. The van der Waals surface area contributed by atoms with Crippen molar-refractivity contribution in [2.75, 3.05) is 6.54 Å². The summed E-state index contributed by atoms with van der Waals surface area (Å²) in [5.41, 5.74) is 8.85. The standard InChI is InChI=1S/C13H19N5/c1-9-7-13(17-11(3)16-9)18-10(2)12(8-15-18)5-4-6-14/h7-8H,4-6,14H2,1-3H3. The zero-order valence-electron chi connectivity index (χ0n) is 11.1. The van der Waals surface area contributed by atoms with Crippen LogP contribution in [0.1, 0.15) is 29.2 Å². The van der Waals surface area contributed by atoms with Crippen LogP contribution in [0.4, 0.5) is 0 Å². The van der Waals surface area contributed by atoms with Crippen LogP contribution in [0.3, 0.4) is 0 Å². The Balaban J connectivity index is 2.36. The van der Waals surface area contributed by atoms with E-state index in [0.29, 0.717) is 6.54 Å². The number of rotatable bonds is 4. The lowest BCUT2D eigenvalue weighted by Gasteiger charge is -2.06. The first-order valence-electron chi connectivity index (χ1n) is 6.18. The minimum atomic E-state index is 0.705. The van der Waals surface area contributed by atoms with Gasteiger partial charge in [0.1, 0.15) is 5.82 Å². The van der Waals surface area contributed by atoms with E-state index in [1.165, 1.54) is 5.56 Å². The smallest absolute Gasteiger partial charge is 0.157 e. The fourth-order valence-electron chi connectivity index (χ4n) is 2.02. The van der Waals surface area contributed by atoms with Crippen LogP contribution in [0, 0.1) is 20.8 Å². The molecular formula is C13H19N5. The molecule has 0 fully saturated rings. The van der Waals surface area contributed by atoms with E-state index in [9.17, 15) is 0 Å². The van der Waals surface area contributed by atoms with Gasteiger partial charge in [0.05, 0.1) is 6.20 Å². The van der Waals surface area contributed by atoms with Gasteiger partial charge in [-0.3, -0.25) is 0 Å². The second-order valence-electron chi connectivity index (χ2n) is 4.47. The highest BCUT2D eigenvalue weighted by atomic mass is 15.3. The fourth-order valence-corrected chi connectivity index (χ4v) is 2.02. The first-order chi connectivity index (χ1) is 8.61. The fraction of sp³-hybridized carbons (Fsp3) is 0.462. The summed E-state index contributed by atoms with van der Waals surface area (Å²) in [6.07, 6.45) is 3.84. The van der Waals surface area contributed by atoms with Crippen molar-refractivity contribution in [1.82, 2.24) is 19.7 Å². The lowest BCUT2D eigenvalue weighted by atomic mass is 10.1. The molecule has 0 aliphatic heterocycles. The Morgan fingerprint density at radius 3 is 2.67 bits per heavy atom. The molecule has 2 aromatic rings. The highest BCUT2D eigenvalue weighted by molar-refractivity contribution is 5.29. The van der Waals surface area contributed by atoms with Gasteiger partial charge in [0.15, 0.2) is 5.82 Å². The van der Waals surface area contributed by atoms with E-state index in [0.717, 1.165) is 35.9 Å². The zero-order chi connectivity index (χ0) is 13.1. The van der Waals surface area contributed by atoms with Gasteiger partial charge in [-0.1, -0.05) is 0 Å². The molecule has 0 bridgehead atoms. The van der Waals surface area contributed by atoms with E-state index in [-0.39, 0.29) is 0 Å². The van der Waals surface area contributed by atoms with Gasteiger partial charge < -0.3 is 5.73 Å². The normalized spacial score (nSPS) is 10.9. The maximum Gasteiger partial charge on any atom is 0.157 e. The van der Waals surface area contributed by atoms with Gasteiger partial charge in [0.2, 0.25) is 0 Å². The summed E-state index contributed by atoms with van der Waals surface area (Å²) in [4.78, 5) is 8.70. The van der Waals surface area contributed by atoms with E-state index in [1.807, 2.05) is 30.8 Å². The third-order valence-electron chi connectivity index (χ3n) is 2.93. The Bertz CT molecular complexity index is 524. The van der Waals surface area contributed by atoms with Crippen LogP contribution in [0.5, 0.6) is 0 Å². The molecule has 0 saturated heterocycles. The molecule has 0 aromatic carbocycles. The molecule has 2 heterocycles. The van der Waals surface area contributed by atoms with E-state index in [1.54, 1.807) is 0 Å². The maximum atomic E-state index is 5.54. The molecule has 5 nitrogen and oxygen atoms in total. The third-order valence-corrected chi connectivity index (χ3v) is 2.93. The minimum absolute atomic E-state index is 0.705. The van der Waals surface area contributed by atoms with Crippen LogP contribution in [0.15, 0.2) is 12.3 Å². The summed E-state index contributed by atoms with van der Waals surface area (Å²) in [6.45, 7) is 6.62. The van der Waals surface area contributed by atoms with Gasteiger partial charge in [0, 0.05) is 17.5 Å². The number of hydrogen-bond acceptors (Lipinski definition) is 4. The Kier molecular flexibility index (Phi) is 3.72. The van der Waals surface area contributed by atoms with Crippen LogP contribution in [0.2, 0.25) is 0 Å². The van der Waals surface area contributed by atoms with Crippen LogP contribution in [-0.4, -0.2) is 26.3 Å². The highest BCUT2D eigenvalue weighted by Gasteiger charge is 2.09. The van der Waals surface area contributed by atoms with E-state index in [2.05, 4.69) is 22.0 Å². The molecule has 2 rings (SSSR count). The monoisotopic (exact) mass is 245 g/mol. The maximum absolute atomic E-state index is 5.54. The molecule has 0 unspecified atom stereocenters. The first kappa shape index (κ1) is 12.7. The molecule has 0 atom stereocenters. The number of hydrogen-bond donors (Lipinski definition) is 1. The van der Waals surface area contributed by atoms with E-state index < -0.39 is 0 Å². The molecule has 0 aliphatic rings. The SMILES string of the molecule is Cc1cc(-n2ncc(CCCN)c2C)nc(C)n1. The zero-order valence-corrected chi connectivity index (χ0v) is 11.1. The second-order valence-corrected chi connectivity index (χ2v) is 4.47. The van der Waals surface area contributed by atoms with E-state index >= 15 is 0 Å². The average Bonchev–Trinajstić information content (AvgIpc) is 2.67. The Morgan fingerprint density at radius 1 is 1.22 bits per heavy atom. The van der Waals surface area contributed by atoms with Gasteiger partial charge >= 0.3 is 0 Å². The summed E-state index contributed by atoms with van der Waals surface area (Å²) in [5, 5.41) is 4.41. The summed E-state index contributed by atoms with van der Waals surface area (Å²) in [5.74, 6) is 1.60. The Labute approximate surface area is 107 Å². The van der Waals surface area contributed by atoms with Crippen molar-refractivity contribution in [3.63, 3.8) is 0 Å².